The third kappa shape index (κ3) is 6.25. The minimum absolute atomic E-state index is 0.236. The van der Waals surface area contributed by atoms with Crippen LogP contribution in [-0.4, -0.2) is 67.4 Å². The first-order chi connectivity index (χ1) is 14.9. The molecule has 0 aromatic heterocycles. The van der Waals surface area contributed by atoms with Crippen LogP contribution < -0.4 is 0 Å². The Kier molecular flexibility index (Phi) is 8.36. The van der Waals surface area contributed by atoms with Crippen LogP contribution in [0.2, 0.25) is 0 Å². The molecule has 0 fully saturated rings. The van der Waals surface area contributed by atoms with E-state index in [9.17, 15) is 38.4 Å². The lowest BCUT2D eigenvalue weighted by Gasteiger charge is -2.02. The Morgan fingerprint density at radius 2 is 0.750 bits per heavy atom. The van der Waals surface area contributed by atoms with E-state index in [1.165, 1.54) is 30.3 Å². The minimum atomic E-state index is -1.74. The van der Waals surface area contributed by atoms with Crippen LogP contribution >= 0.6 is 0 Å². The molecular formula is C20H12O12. The van der Waals surface area contributed by atoms with E-state index in [4.69, 9.17) is 20.4 Å². The summed E-state index contributed by atoms with van der Waals surface area (Å²) in [7, 11) is 0. The van der Waals surface area contributed by atoms with Crippen molar-refractivity contribution in [2.24, 2.45) is 0 Å². The summed E-state index contributed by atoms with van der Waals surface area (Å²) in [5, 5.41) is 33.8. The zero-order valence-electron chi connectivity index (χ0n) is 15.7. The van der Waals surface area contributed by atoms with Crippen molar-refractivity contribution in [1.82, 2.24) is 0 Å². The van der Waals surface area contributed by atoms with Gasteiger partial charge in [0, 0.05) is 22.3 Å². The van der Waals surface area contributed by atoms with Gasteiger partial charge in [0.05, 0.1) is 0 Å². The first kappa shape index (κ1) is 25.0. The molecule has 12 heteroatoms. The molecule has 0 atom stereocenters. The number of aliphatic carboxylic acids is 4. The second-order valence-electron chi connectivity index (χ2n) is 5.66. The van der Waals surface area contributed by atoms with Crippen molar-refractivity contribution < 1.29 is 58.8 Å². The summed E-state index contributed by atoms with van der Waals surface area (Å²) in [5.74, 6) is -11.8. The maximum atomic E-state index is 11.1. The predicted octanol–water partition coefficient (Wildman–Crippen LogP) is 0.442. The smallest absolute Gasteiger partial charge is 0.377 e. The Morgan fingerprint density at radius 1 is 0.438 bits per heavy atom. The molecule has 32 heavy (non-hydrogen) atoms. The van der Waals surface area contributed by atoms with Crippen molar-refractivity contribution in [2.75, 3.05) is 0 Å². The summed E-state index contributed by atoms with van der Waals surface area (Å²) in [6, 6.07) is 9.42. The van der Waals surface area contributed by atoms with Crippen molar-refractivity contribution >= 4 is 47.0 Å². The maximum Gasteiger partial charge on any atom is 0.377 e. The molecule has 0 unspecified atom stereocenters. The fourth-order valence-electron chi connectivity index (χ4n) is 2.16. The van der Waals surface area contributed by atoms with E-state index in [0.29, 0.717) is 0 Å². The van der Waals surface area contributed by atoms with Gasteiger partial charge in [-0.3, -0.25) is 19.2 Å². The number of ketones is 4. The molecule has 0 spiro atoms. The Bertz CT molecular complexity index is 1070. The fraction of sp³-hybridized carbons (Fsp3) is 0. The van der Waals surface area contributed by atoms with Crippen molar-refractivity contribution in [3.05, 3.63) is 70.8 Å². The van der Waals surface area contributed by atoms with Gasteiger partial charge in [-0.15, -0.1) is 0 Å². The third-order valence-electron chi connectivity index (χ3n) is 3.58. The first-order valence-corrected chi connectivity index (χ1v) is 8.18. The molecule has 0 aliphatic heterocycles. The molecule has 0 heterocycles. The van der Waals surface area contributed by atoms with E-state index >= 15 is 0 Å². The van der Waals surface area contributed by atoms with Gasteiger partial charge in [-0.05, 0) is 6.07 Å². The molecule has 0 bridgehead atoms. The summed E-state index contributed by atoms with van der Waals surface area (Å²) in [5.41, 5.74) is -1.33. The fourth-order valence-corrected chi connectivity index (χ4v) is 2.16. The molecule has 0 saturated carbocycles. The SMILES string of the molecule is O=C(O)C(=O)c1cccc(C(=O)C(=O)O)c1.O=C(O)C(=O)c1ccccc1C(=O)C(=O)O. The Labute approximate surface area is 177 Å². The number of carboxylic acids is 4. The molecule has 2 aromatic rings. The zero-order chi connectivity index (χ0) is 24.6. The number of carboxylic acid groups (broad SMARTS) is 4. The third-order valence-corrected chi connectivity index (χ3v) is 3.58. The van der Waals surface area contributed by atoms with Crippen molar-refractivity contribution in [2.45, 2.75) is 0 Å². The van der Waals surface area contributed by atoms with Gasteiger partial charge >= 0.3 is 23.9 Å². The highest BCUT2D eigenvalue weighted by atomic mass is 16.4. The first-order valence-electron chi connectivity index (χ1n) is 8.18. The monoisotopic (exact) mass is 444 g/mol. The summed E-state index contributed by atoms with van der Waals surface area (Å²) in [4.78, 5) is 86.0. The van der Waals surface area contributed by atoms with E-state index < -0.39 is 58.1 Å². The number of hydrogen-bond donors (Lipinski definition) is 4. The van der Waals surface area contributed by atoms with E-state index in [-0.39, 0.29) is 11.1 Å². The standard InChI is InChI=1S/2C10H6O6/c11-7(9(13)14)5-2-1-3-6(4-5)8(12)10(15)16;11-7(9(13)14)5-3-1-2-4-6(5)8(12)10(15)16/h2*1-4H,(H,13,14)(H,15,16). The van der Waals surface area contributed by atoms with E-state index in [2.05, 4.69) is 0 Å². The average Bonchev–Trinajstić information content (AvgIpc) is 2.77. The van der Waals surface area contributed by atoms with Gasteiger partial charge in [-0.25, -0.2) is 19.2 Å². The number of carbonyl (C=O) groups excluding carboxylic acids is 4. The normalized spacial score (nSPS) is 9.50. The molecule has 0 radical (unpaired) electrons. The topological polar surface area (TPSA) is 217 Å². The lowest BCUT2D eigenvalue weighted by Crippen LogP contribution is -2.20. The molecule has 0 amide bonds. The van der Waals surface area contributed by atoms with Crippen molar-refractivity contribution in [1.29, 1.82) is 0 Å². The van der Waals surface area contributed by atoms with Crippen LogP contribution in [0.4, 0.5) is 0 Å². The van der Waals surface area contributed by atoms with Gasteiger partial charge in [0.25, 0.3) is 23.1 Å². The van der Waals surface area contributed by atoms with Crippen LogP contribution in [0.25, 0.3) is 0 Å². The van der Waals surface area contributed by atoms with Crippen LogP contribution in [0.15, 0.2) is 48.5 Å². The van der Waals surface area contributed by atoms with Crippen LogP contribution in [-0.2, 0) is 19.2 Å². The van der Waals surface area contributed by atoms with Gasteiger partial charge in [0.2, 0.25) is 0 Å². The Hall–Kier alpha value is -5.00. The van der Waals surface area contributed by atoms with Gasteiger partial charge < -0.3 is 20.4 Å². The molecule has 12 nitrogen and oxygen atoms in total. The molecule has 2 rings (SSSR count). The zero-order valence-corrected chi connectivity index (χ0v) is 15.7. The molecule has 164 valence electrons. The Balaban J connectivity index is 0.000000320. The molecule has 0 saturated heterocycles. The van der Waals surface area contributed by atoms with Gasteiger partial charge in [-0.1, -0.05) is 42.5 Å². The number of carbonyl (C=O) groups is 8. The second-order valence-corrected chi connectivity index (χ2v) is 5.66. The van der Waals surface area contributed by atoms with Crippen LogP contribution in [0, 0.1) is 0 Å². The lowest BCUT2D eigenvalue weighted by molar-refractivity contribution is -0.132. The number of benzene rings is 2. The molecular weight excluding hydrogens is 432 g/mol. The van der Waals surface area contributed by atoms with E-state index in [1.807, 2.05) is 0 Å². The van der Waals surface area contributed by atoms with Crippen LogP contribution in [0.5, 0.6) is 0 Å². The number of hydrogen-bond acceptors (Lipinski definition) is 8. The van der Waals surface area contributed by atoms with Gasteiger partial charge in [0.15, 0.2) is 0 Å². The maximum absolute atomic E-state index is 11.1. The molecule has 0 aliphatic rings. The molecule has 4 N–H and O–H groups in total. The van der Waals surface area contributed by atoms with Gasteiger partial charge in [-0.2, -0.15) is 0 Å². The van der Waals surface area contributed by atoms with E-state index in [0.717, 1.165) is 18.2 Å². The van der Waals surface area contributed by atoms with Crippen LogP contribution in [0.1, 0.15) is 41.4 Å². The highest BCUT2D eigenvalue weighted by molar-refractivity contribution is 6.46. The molecule has 0 aliphatic carbocycles. The van der Waals surface area contributed by atoms with Crippen LogP contribution in [0.3, 0.4) is 0 Å². The summed E-state index contributed by atoms with van der Waals surface area (Å²) < 4.78 is 0. The largest absolute Gasteiger partial charge is 0.475 e. The Morgan fingerprint density at radius 3 is 1.03 bits per heavy atom. The number of rotatable bonds is 8. The average molecular weight is 444 g/mol. The quantitative estimate of drug-likeness (QED) is 0.322. The number of Topliss-reactive ketones (excluding diaryl/α,β-unsaturated/α-hetero) is 4. The van der Waals surface area contributed by atoms with E-state index in [1.54, 1.807) is 0 Å². The lowest BCUT2D eigenvalue weighted by atomic mass is 10.0. The summed E-state index contributed by atoms with van der Waals surface area (Å²) in [6.45, 7) is 0. The van der Waals surface area contributed by atoms with Crippen molar-refractivity contribution in [3.8, 4) is 0 Å². The van der Waals surface area contributed by atoms with Crippen molar-refractivity contribution in [3.63, 3.8) is 0 Å². The van der Waals surface area contributed by atoms with Gasteiger partial charge in [0.1, 0.15) is 0 Å². The molecule has 2 aromatic carbocycles. The highest BCUT2D eigenvalue weighted by Gasteiger charge is 2.25. The summed E-state index contributed by atoms with van der Waals surface area (Å²) in [6.07, 6.45) is 0. The highest BCUT2D eigenvalue weighted by Crippen LogP contribution is 2.11. The summed E-state index contributed by atoms with van der Waals surface area (Å²) >= 11 is 0. The second kappa shape index (κ2) is 10.7. The predicted molar refractivity (Wildman–Crippen MR) is 101 cm³/mol. The minimum Gasteiger partial charge on any atom is -0.475 e.